The average molecular weight is 270 g/mol. The number of fused-ring (bicyclic) bond motifs is 1. The standard InChI is InChI=1S/C17H22N2O/c1-3-19-11-10-14(18)17(19)16-13-7-5-4-6-12(13)8-9-15(16)20-2/h4-9,14,17H,3,10-11,18H2,1-2H3. The van der Waals surface area contributed by atoms with Gasteiger partial charge in [0.05, 0.1) is 13.2 Å². The Morgan fingerprint density at radius 1 is 1.25 bits per heavy atom. The van der Waals surface area contributed by atoms with Gasteiger partial charge in [-0.15, -0.1) is 0 Å². The summed E-state index contributed by atoms with van der Waals surface area (Å²) in [6.07, 6.45) is 1.05. The SMILES string of the molecule is CCN1CCC(N)C1c1c(OC)ccc2ccccc12. The molecule has 0 amide bonds. The Labute approximate surface area is 120 Å². The highest BCUT2D eigenvalue weighted by molar-refractivity contribution is 5.88. The highest BCUT2D eigenvalue weighted by Crippen LogP contribution is 2.40. The maximum absolute atomic E-state index is 6.39. The molecule has 1 saturated heterocycles. The van der Waals surface area contributed by atoms with E-state index < -0.39 is 0 Å². The first kappa shape index (κ1) is 13.4. The third-order valence-electron chi connectivity index (χ3n) is 4.40. The molecule has 0 aromatic heterocycles. The number of nitrogens with zero attached hydrogens (tertiary/aromatic N) is 1. The largest absolute Gasteiger partial charge is 0.496 e. The molecule has 2 aromatic carbocycles. The summed E-state index contributed by atoms with van der Waals surface area (Å²) in [6, 6.07) is 13.1. The van der Waals surface area contributed by atoms with Gasteiger partial charge in [-0.05, 0) is 29.8 Å². The maximum atomic E-state index is 6.39. The molecular weight excluding hydrogens is 248 g/mol. The first-order valence-electron chi connectivity index (χ1n) is 7.31. The molecule has 2 unspecified atom stereocenters. The van der Waals surface area contributed by atoms with Gasteiger partial charge in [0.2, 0.25) is 0 Å². The number of ether oxygens (including phenoxy) is 1. The maximum Gasteiger partial charge on any atom is 0.124 e. The van der Waals surface area contributed by atoms with E-state index in [4.69, 9.17) is 10.5 Å². The van der Waals surface area contributed by atoms with Gasteiger partial charge in [0, 0.05) is 18.2 Å². The van der Waals surface area contributed by atoms with Crippen LogP contribution in [0, 0.1) is 0 Å². The average Bonchev–Trinajstić information content (AvgIpc) is 2.86. The second-order valence-corrected chi connectivity index (χ2v) is 5.43. The topological polar surface area (TPSA) is 38.5 Å². The third-order valence-corrected chi connectivity index (χ3v) is 4.40. The first-order valence-corrected chi connectivity index (χ1v) is 7.31. The van der Waals surface area contributed by atoms with Crippen LogP contribution in [0.1, 0.15) is 24.9 Å². The lowest BCUT2D eigenvalue weighted by molar-refractivity contribution is 0.256. The number of rotatable bonds is 3. The summed E-state index contributed by atoms with van der Waals surface area (Å²) in [5, 5.41) is 2.51. The van der Waals surface area contributed by atoms with Crippen LogP contribution in [0.3, 0.4) is 0 Å². The Balaban J connectivity index is 2.22. The van der Waals surface area contributed by atoms with Crippen molar-refractivity contribution >= 4 is 10.8 Å². The third kappa shape index (κ3) is 2.07. The van der Waals surface area contributed by atoms with Crippen LogP contribution in [-0.2, 0) is 0 Å². The second kappa shape index (κ2) is 5.43. The summed E-state index contributed by atoms with van der Waals surface area (Å²) in [5.74, 6) is 0.949. The Bertz CT molecular complexity index is 611. The van der Waals surface area contributed by atoms with Crippen LogP contribution >= 0.6 is 0 Å². The molecule has 0 spiro atoms. The minimum Gasteiger partial charge on any atom is -0.496 e. The quantitative estimate of drug-likeness (QED) is 0.932. The number of likely N-dealkylation sites (N-methyl/N-ethyl adjacent to an activating group) is 1. The lowest BCUT2D eigenvalue weighted by Crippen LogP contribution is -2.32. The van der Waals surface area contributed by atoms with Crippen LogP contribution in [0.5, 0.6) is 5.75 Å². The van der Waals surface area contributed by atoms with Gasteiger partial charge in [0.25, 0.3) is 0 Å². The smallest absolute Gasteiger partial charge is 0.124 e. The van der Waals surface area contributed by atoms with E-state index in [2.05, 4.69) is 48.2 Å². The van der Waals surface area contributed by atoms with Crippen LogP contribution in [0.2, 0.25) is 0 Å². The van der Waals surface area contributed by atoms with E-state index in [-0.39, 0.29) is 12.1 Å². The molecule has 2 N–H and O–H groups in total. The van der Waals surface area contributed by atoms with Gasteiger partial charge in [-0.3, -0.25) is 4.90 Å². The minimum atomic E-state index is 0.176. The molecule has 1 aliphatic rings. The molecule has 3 nitrogen and oxygen atoms in total. The summed E-state index contributed by atoms with van der Waals surface area (Å²) < 4.78 is 5.62. The molecule has 0 saturated carbocycles. The first-order chi connectivity index (χ1) is 9.76. The normalized spacial score (nSPS) is 23.4. The molecule has 1 aliphatic heterocycles. The number of likely N-dealkylation sites (tertiary alicyclic amines) is 1. The van der Waals surface area contributed by atoms with Gasteiger partial charge < -0.3 is 10.5 Å². The summed E-state index contributed by atoms with van der Waals surface area (Å²) in [4.78, 5) is 2.45. The fraction of sp³-hybridized carbons (Fsp3) is 0.412. The number of benzene rings is 2. The van der Waals surface area contributed by atoms with Crippen molar-refractivity contribution in [3.05, 3.63) is 42.0 Å². The summed E-state index contributed by atoms with van der Waals surface area (Å²) in [7, 11) is 1.74. The molecule has 2 atom stereocenters. The fourth-order valence-corrected chi connectivity index (χ4v) is 3.39. The Kier molecular flexibility index (Phi) is 3.64. The molecule has 2 aromatic rings. The molecule has 3 rings (SSSR count). The highest BCUT2D eigenvalue weighted by Gasteiger charge is 2.34. The summed E-state index contributed by atoms with van der Waals surface area (Å²) in [6.45, 7) is 4.28. The number of nitrogens with two attached hydrogens (primary N) is 1. The zero-order valence-corrected chi connectivity index (χ0v) is 12.2. The van der Waals surface area contributed by atoms with Crippen LogP contribution in [0.4, 0.5) is 0 Å². The van der Waals surface area contributed by atoms with Gasteiger partial charge in [-0.2, -0.15) is 0 Å². The zero-order valence-electron chi connectivity index (χ0n) is 12.2. The Morgan fingerprint density at radius 2 is 2.05 bits per heavy atom. The van der Waals surface area contributed by atoms with Crippen molar-refractivity contribution in [3.8, 4) is 5.75 Å². The van der Waals surface area contributed by atoms with Crippen molar-refractivity contribution in [1.82, 2.24) is 4.90 Å². The predicted octanol–water partition coefficient (Wildman–Crippen LogP) is 2.94. The highest BCUT2D eigenvalue weighted by atomic mass is 16.5. The van der Waals surface area contributed by atoms with Crippen LogP contribution in [-0.4, -0.2) is 31.1 Å². The van der Waals surface area contributed by atoms with E-state index in [0.29, 0.717) is 0 Å². The van der Waals surface area contributed by atoms with E-state index in [9.17, 15) is 0 Å². The van der Waals surface area contributed by atoms with Gasteiger partial charge in [0.1, 0.15) is 5.75 Å². The molecule has 3 heteroatoms. The molecule has 0 radical (unpaired) electrons. The molecule has 1 fully saturated rings. The molecule has 0 aliphatic carbocycles. The zero-order chi connectivity index (χ0) is 14.1. The van der Waals surface area contributed by atoms with Crippen molar-refractivity contribution in [1.29, 1.82) is 0 Å². The Hall–Kier alpha value is -1.58. The van der Waals surface area contributed by atoms with E-state index in [1.54, 1.807) is 7.11 Å². The lowest BCUT2D eigenvalue weighted by Gasteiger charge is -2.28. The van der Waals surface area contributed by atoms with Crippen molar-refractivity contribution < 1.29 is 4.74 Å². The Morgan fingerprint density at radius 3 is 2.80 bits per heavy atom. The van der Waals surface area contributed by atoms with E-state index in [0.717, 1.165) is 25.3 Å². The van der Waals surface area contributed by atoms with Gasteiger partial charge in [-0.25, -0.2) is 0 Å². The van der Waals surface area contributed by atoms with Gasteiger partial charge >= 0.3 is 0 Å². The lowest BCUT2D eigenvalue weighted by atomic mass is 9.93. The molecule has 20 heavy (non-hydrogen) atoms. The van der Waals surface area contributed by atoms with Crippen molar-refractivity contribution in [3.63, 3.8) is 0 Å². The number of methoxy groups -OCH3 is 1. The summed E-state index contributed by atoms with van der Waals surface area (Å²) in [5.41, 5.74) is 7.64. The van der Waals surface area contributed by atoms with Gasteiger partial charge in [0.15, 0.2) is 0 Å². The van der Waals surface area contributed by atoms with E-state index >= 15 is 0 Å². The molecule has 0 bridgehead atoms. The fourth-order valence-electron chi connectivity index (χ4n) is 3.39. The van der Waals surface area contributed by atoms with Crippen LogP contribution < -0.4 is 10.5 Å². The second-order valence-electron chi connectivity index (χ2n) is 5.43. The van der Waals surface area contributed by atoms with E-state index in [1.807, 2.05) is 0 Å². The number of hydrogen-bond donors (Lipinski definition) is 1. The van der Waals surface area contributed by atoms with Crippen molar-refractivity contribution in [2.75, 3.05) is 20.2 Å². The van der Waals surface area contributed by atoms with Crippen LogP contribution in [0.15, 0.2) is 36.4 Å². The molecule has 1 heterocycles. The van der Waals surface area contributed by atoms with Crippen molar-refractivity contribution in [2.24, 2.45) is 5.73 Å². The van der Waals surface area contributed by atoms with Gasteiger partial charge in [-0.1, -0.05) is 37.3 Å². The van der Waals surface area contributed by atoms with E-state index in [1.165, 1.54) is 16.3 Å². The summed E-state index contributed by atoms with van der Waals surface area (Å²) >= 11 is 0. The molecule has 106 valence electrons. The number of hydrogen-bond acceptors (Lipinski definition) is 3. The predicted molar refractivity (Wildman–Crippen MR) is 83.1 cm³/mol. The van der Waals surface area contributed by atoms with Crippen LogP contribution in [0.25, 0.3) is 10.8 Å². The monoisotopic (exact) mass is 270 g/mol. The van der Waals surface area contributed by atoms with Crippen molar-refractivity contribution in [2.45, 2.75) is 25.4 Å². The molecular formula is C17H22N2O. The minimum absolute atomic E-state index is 0.176.